The number of carbonyl (C=O) groups is 2. The molecule has 9 nitrogen and oxygen atoms in total. The van der Waals surface area contributed by atoms with Crippen molar-refractivity contribution in [3.63, 3.8) is 0 Å². The molecule has 0 spiro atoms. The molecule has 2 aromatic carbocycles. The molecule has 1 heterocycles. The summed E-state index contributed by atoms with van der Waals surface area (Å²) in [5, 5.41) is 22.3. The van der Waals surface area contributed by atoms with Gasteiger partial charge in [0.1, 0.15) is 28.9 Å². The number of benzene rings is 2. The molecule has 0 radical (unpaired) electrons. The fourth-order valence-electron chi connectivity index (χ4n) is 2.75. The van der Waals surface area contributed by atoms with Crippen molar-refractivity contribution in [3.05, 3.63) is 52.7 Å². The van der Waals surface area contributed by atoms with Gasteiger partial charge in [0.05, 0.1) is 0 Å². The van der Waals surface area contributed by atoms with Crippen molar-refractivity contribution in [1.82, 2.24) is 5.32 Å². The number of amides is 1. The quantitative estimate of drug-likeness (QED) is 0.426. The van der Waals surface area contributed by atoms with Crippen LogP contribution in [-0.4, -0.2) is 34.4 Å². The van der Waals surface area contributed by atoms with E-state index in [2.05, 4.69) is 5.32 Å². The molecule has 1 aromatic heterocycles. The first-order chi connectivity index (χ1) is 14.5. The van der Waals surface area contributed by atoms with E-state index in [-0.39, 0.29) is 16.7 Å². The maximum atomic E-state index is 12.5. The molecule has 0 fully saturated rings. The molecular weight excluding hydrogens is 406 g/mol. The number of esters is 1. The number of phenols is 2. The summed E-state index contributed by atoms with van der Waals surface area (Å²) in [7, 11) is 0. The Bertz CT molecular complexity index is 1190. The molecule has 9 heteroatoms. The lowest BCUT2D eigenvalue weighted by Crippen LogP contribution is -2.36. The van der Waals surface area contributed by atoms with Crippen LogP contribution in [0.2, 0.25) is 0 Å². The van der Waals surface area contributed by atoms with Crippen LogP contribution in [0.25, 0.3) is 22.3 Å². The fraction of sp³-hybridized carbons (Fsp3) is 0.227. The number of ether oxygens (including phenoxy) is 2. The number of aromatic hydroxyl groups is 2. The summed E-state index contributed by atoms with van der Waals surface area (Å²) in [6, 6.07) is 11.1. The third-order valence-corrected chi connectivity index (χ3v) is 3.99. The van der Waals surface area contributed by atoms with Crippen LogP contribution in [-0.2, 0) is 9.53 Å². The topological polar surface area (TPSA) is 135 Å². The van der Waals surface area contributed by atoms with Crippen LogP contribution in [0.4, 0.5) is 4.79 Å². The number of fused-ring (bicyclic) bond motifs is 1. The highest BCUT2D eigenvalue weighted by Crippen LogP contribution is 2.41. The predicted octanol–water partition coefficient (Wildman–Crippen LogP) is 3.30. The molecule has 3 N–H and O–H groups in total. The molecule has 0 unspecified atom stereocenters. The summed E-state index contributed by atoms with van der Waals surface area (Å²) in [6.45, 7) is 4.56. The van der Waals surface area contributed by atoms with Crippen LogP contribution in [0.15, 0.2) is 51.7 Å². The number of rotatable bonds is 4. The van der Waals surface area contributed by atoms with E-state index in [1.807, 2.05) is 0 Å². The van der Waals surface area contributed by atoms with E-state index in [0.717, 1.165) is 6.07 Å². The number of phenolic OH excluding ortho intramolecular Hbond substituents is 2. The zero-order valence-corrected chi connectivity index (χ0v) is 17.1. The first kappa shape index (κ1) is 21.7. The Labute approximate surface area is 176 Å². The van der Waals surface area contributed by atoms with Crippen LogP contribution in [0.1, 0.15) is 20.8 Å². The lowest BCUT2D eigenvalue weighted by Gasteiger charge is -2.19. The second-order valence-corrected chi connectivity index (χ2v) is 7.62. The number of hydrogen-bond donors (Lipinski definition) is 3. The van der Waals surface area contributed by atoms with Gasteiger partial charge in [-0.25, -0.2) is 4.79 Å². The molecule has 0 aliphatic carbocycles. The van der Waals surface area contributed by atoms with Gasteiger partial charge in [0.25, 0.3) is 0 Å². The van der Waals surface area contributed by atoms with Gasteiger partial charge >= 0.3 is 12.1 Å². The van der Waals surface area contributed by atoms with E-state index in [1.165, 1.54) is 6.07 Å². The summed E-state index contributed by atoms with van der Waals surface area (Å²) < 4.78 is 15.7. The van der Waals surface area contributed by atoms with E-state index < -0.39 is 46.9 Å². The third-order valence-electron chi connectivity index (χ3n) is 3.99. The summed E-state index contributed by atoms with van der Waals surface area (Å²) in [4.78, 5) is 36.2. The zero-order chi connectivity index (χ0) is 22.8. The van der Waals surface area contributed by atoms with Gasteiger partial charge < -0.3 is 29.4 Å². The predicted molar refractivity (Wildman–Crippen MR) is 111 cm³/mol. The van der Waals surface area contributed by atoms with Crippen LogP contribution >= 0.6 is 0 Å². The maximum absolute atomic E-state index is 12.5. The molecule has 0 saturated carbocycles. The monoisotopic (exact) mass is 427 g/mol. The van der Waals surface area contributed by atoms with Gasteiger partial charge in [0, 0.05) is 17.7 Å². The molecule has 31 heavy (non-hydrogen) atoms. The summed E-state index contributed by atoms with van der Waals surface area (Å²) in [6.07, 6.45) is -1.08. The van der Waals surface area contributed by atoms with E-state index in [4.69, 9.17) is 13.9 Å². The summed E-state index contributed by atoms with van der Waals surface area (Å²) in [5.74, 6) is -2.53. The molecule has 0 bridgehead atoms. The fourth-order valence-corrected chi connectivity index (χ4v) is 2.75. The van der Waals surface area contributed by atoms with E-state index in [9.17, 15) is 24.6 Å². The minimum atomic E-state index is -1.08. The minimum Gasteiger partial charge on any atom is -0.504 e. The van der Waals surface area contributed by atoms with Gasteiger partial charge in [0.2, 0.25) is 5.75 Å². The van der Waals surface area contributed by atoms with Gasteiger partial charge in [-0.1, -0.05) is 30.3 Å². The SMILES string of the molecule is CC(C)(C)OC(=O)CNC(=O)Oc1cc2oc(-c3ccccc3)cc(=O)c2c(O)c1O. The average molecular weight is 427 g/mol. The average Bonchev–Trinajstić information content (AvgIpc) is 2.69. The van der Waals surface area contributed by atoms with Crippen LogP contribution in [0.5, 0.6) is 17.2 Å². The van der Waals surface area contributed by atoms with E-state index in [0.29, 0.717) is 5.56 Å². The van der Waals surface area contributed by atoms with Gasteiger partial charge in [-0.15, -0.1) is 0 Å². The summed E-state index contributed by atoms with van der Waals surface area (Å²) >= 11 is 0. The highest BCUT2D eigenvalue weighted by Gasteiger charge is 2.21. The third kappa shape index (κ3) is 5.13. The van der Waals surface area contributed by atoms with Crippen molar-refractivity contribution in [2.45, 2.75) is 26.4 Å². The Morgan fingerprint density at radius 1 is 1.06 bits per heavy atom. The maximum Gasteiger partial charge on any atom is 0.413 e. The second-order valence-electron chi connectivity index (χ2n) is 7.62. The van der Waals surface area contributed by atoms with Gasteiger partial charge in [-0.3, -0.25) is 9.59 Å². The highest BCUT2D eigenvalue weighted by molar-refractivity contribution is 5.90. The Morgan fingerprint density at radius 3 is 2.39 bits per heavy atom. The Kier molecular flexibility index (Phi) is 5.87. The van der Waals surface area contributed by atoms with Crippen molar-refractivity contribution in [2.24, 2.45) is 0 Å². The zero-order valence-electron chi connectivity index (χ0n) is 17.1. The molecule has 0 aliphatic rings. The van der Waals surface area contributed by atoms with Gasteiger partial charge in [-0.2, -0.15) is 0 Å². The van der Waals surface area contributed by atoms with Crippen molar-refractivity contribution >= 4 is 23.0 Å². The smallest absolute Gasteiger partial charge is 0.413 e. The lowest BCUT2D eigenvalue weighted by atomic mass is 10.1. The standard InChI is InChI=1S/C22H21NO8/c1-22(2,3)31-17(25)11-23-21(28)30-16-10-15-18(20(27)19(16)26)13(24)9-14(29-15)12-7-5-4-6-8-12/h4-10,26-27H,11H2,1-3H3,(H,23,28). The Morgan fingerprint density at radius 2 is 1.74 bits per heavy atom. The molecule has 162 valence electrons. The largest absolute Gasteiger partial charge is 0.504 e. The van der Waals surface area contributed by atoms with Crippen LogP contribution in [0.3, 0.4) is 0 Å². The molecule has 0 atom stereocenters. The molecule has 3 aromatic rings. The van der Waals surface area contributed by atoms with Crippen molar-refractivity contribution in [2.75, 3.05) is 6.54 Å². The molecular formula is C22H21NO8. The van der Waals surface area contributed by atoms with Crippen molar-refractivity contribution in [3.8, 4) is 28.6 Å². The highest BCUT2D eigenvalue weighted by atomic mass is 16.6. The van der Waals surface area contributed by atoms with Crippen molar-refractivity contribution < 1.29 is 33.7 Å². The van der Waals surface area contributed by atoms with E-state index >= 15 is 0 Å². The van der Waals surface area contributed by atoms with E-state index in [1.54, 1.807) is 51.1 Å². The van der Waals surface area contributed by atoms with Crippen LogP contribution in [0, 0.1) is 0 Å². The molecule has 0 aliphatic heterocycles. The molecule has 0 saturated heterocycles. The Balaban J connectivity index is 1.87. The number of nitrogens with one attached hydrogen (secondary N) is 1. The normalized spacial score (nSPS) is 11.2. The Hall–Kier alpha value is -4.01. The lowest BCUT2D eigenvalue weighted by molar-refractivity contribution is -0.153. The molecule has 1 amide bonds. The van der Waals surface area contributed by atoms with Crippen LogP contribution < -0.4 is 15.5 Å². The second kappa shape index (κ2) is 8.39. The van der Waals surface area contributed by atoms with Gasteiger partial charge in [-0.05, 0) is 20.8 Å². The minimum absolute atomic E-state index is 0.100. The first-order valence-corrected chi connectivity index (χ1v) is 9.31. The number of carbonyl (C=O) groups excluding carboxylic acids is 2. The summed E-state index contributed by atoms with van der Waals surface area (Å²) in [5.41, 5.74) is -0.795. The first-order valence-electron chi connectivity index (χ1n) is 9.31. The van der Waals surface area contributed by atoms with Crippen molar-refractivity contribution in [1.29, 1.82) is 0 Å². The molecule has 3 rings (SSSR count). The van der Waals surface area contributed by atoms with Gasteiger partial charge in [0.15, 0.2) is 16.9 Å². The number of hydrogen-bond acceptors (Lipinski definition) is 8.